The Morgan fingerprint density at radius 3 is 2.74 bits per heavy atom. The molecule has 2 aliphatic heterocycles. The number of fused-ring (bicyclic) bond motifs is 2. The molecule has 3 aromatic rings. The van der Waals surface area contributed by atoms with Gasteiger partial charge in [-0.2, -0.15) is 0 Å². The zero-order valence-corrected chi connectivity index (χ0v) is 27.2. The second-order valence-corrected chi connectivity index (χ2v) is 13.0. The number of oxime groups is 1. The molecule has 0 radical (unpaired) electrons. The fourth-order valence-corrected chi connectivity index (χ4v) is 8.37. The zero-order chi connectivity index (χ0) is 30.1. The van der Waals surface area contributed by atoms with Crippen LogP contribution in [0.15, 0.2) is 55.1 Å². The van der Waals surface area contributed by atoms with Crippen LogP contribution in [0.3, 0.4) is 0 Å². The van der Waals surface area contributed by atoms with Crippen molar-refractivity contribution in [1.29, 1.82) is 0 Å². The van der Waals surface area contributed by atoms with E-state index < -0.39 is 53.3 Å². The van der Waals surface area contributed by atoms with E-state index in [1.54, 1.807) is 0 Å². The fourth-order valence-electron chi connectivity index (χ4n) is 4.09. The number of β-lactam (4-membered cyclic amide) rings is 1. The molecule has 5 rings (SSSR count). The van der Waals surface area contributed by atoms with Crippen molar-refractivity contribution in [2.45, 2.75) is 15.6 Å². The van der Waals surface area contributed by atoms with Crippen LogP contribution >= 0.6 is 46.2 Å². The number of carboxylic acids is 2. The molecule has 0 saturated carbocycles. The van der Waals surface area contributed by atoms with Crippen LogP contribution in [0.2, 0.25) is 0 Å². The molecule has 2 amide bonds. The van der Waals surface area contributed by atoms with Gasteiger partial charge in [-0.25, -0.2) is 14.2 Å². The Morgan fingerprint density at radius 1 is 1.30 bits per heavy atom. The summed E-state index contributed by atoms with van der Waals surface area (Å²) in [5, 5.41) is 27.8. The number of rotatable bonds is 10. The van der Waals surface area contributed by atoms with Crippen LogP contribution in [-0.4, -0.2) is 74.0 Å². The van der Waals surface area contributed by atoms with E-state index in [4.69, 9.17) is 5.73 Å². The summed E-state index contributed by atoms with van der Waals surface area (Å²) in [6.07, 6.45) is 0. The van der Waals surface area contributed by atoms with Crippen LogP contribution in [0.25, 0.3) is 10.1 Å². The van der Waals surface area contributed by atoms with Crippen LogP contribution in [0.5, 0.6) is 0 Å². The number of nitrogens with zero attached hydrogens (tertiary/aromatic N) is 3. The number of nitrogens with one attached hydrogen (secondary N) is 1. The molecule has 1 aromatic carbocycles. The third kappa shape index (κ3) is 7.05. The van der Waals surface area contributed by atoms with Crippen molar-refractivity contribution in [3.8, 4) is 0 Å². The summed E-state index contributed by atoms with van der Waals surface area (Å²) >= 11 is 4.61. The van der Waals surface area contributed by atoms with Crippen molar-refractivity contribution in [2.75, 3.05) is 23.8 Å². The Bertz CT molecular complexity index is 1760. The Morgan fingerprint density at radius 2 is 2.07 bits per heavy atom. The molecular formula is C24H17FN5NaO8S4. The average molecular weight is 674 g/mol. The predicted octanol–water partition coefficient (Wildman–Crippen LogP) is -2.56. The van der Waals surface area contributed by atoms with Crippen LogP contribution < -0.4 is 51.1 Å². The van der Waals surface area contributed by atoms with E-state index in [1.807, 2.05) is 0 Å². The number of amides is 2. The summed E-state index contributed by atoms with van der Waals surface area (Å²) in [6.45, 7) is -0.939. The third-order valence-electron chi connectivity index (χ3n) is 5.91. The van der Waals surface area contributed by atoms with Gasteiger partial charge in [-0.3, -0.25) is 19.3 Å². The molecule has 0 spiro atoms. The smallest absolute Gasteiger partial charge is 0.546 e. The van der Waals surface area contributed by atoms with Crippen LogP contribution in [0.1, 0.15) is 5.69 Å². The van der Waals surface area contributed by atoms with Crippen LogP contribution in [-0.2, 0) is 24.0 Å². The predicted molar refractivity (Wildman–Crippen MR) is 152 cm³/mol. The molecule has 19 heteroatoms. The van der Waals surface area contributed by atoms with Gasteiger partial charge in [0.15, 0.2) is 22.9 Å². The monoisotopic (exact) mass is 673 g/mol. The van der Waals surface area contributed by atoms with Crippen molar-refractivity contribution in [2.24, 2.45) is 5.16 Å². The summed E-state index contributed by atoms with van der Waals surface area (Å²) in [5.41, 5.74) is 5.09. The number of nitrogens with two attached hydrogens (primary N) is 1. The largest absolute Gasteiger partial charge is 1.00 e. The van der Waals surface area contributed by atoms with Gasteiger partial charge in [-0.05, 0) is 23.8 Å². The molecule has 43 heavy (non-hydrogen) atoms. The number of hydrogen-bond acceptors (Lipinski definition) is 14. The van der Waals surface area contributed by atoms with E-state index in [0.29, 0.717) is 19.9 Å². The van der Waals surface area contributed by atoms with E-state index in [1.165, 1.54) is 64.5 Å². The molecule has 1 saturated heterocycles. The van der Waals surface area contributed by atoms with E-state index in [-0.39, 0.29) is 63.0 Å². The second kappa shape index (κ2) is 13.7. The molecule has 0 bridgehead atoms. The van der Waals surface area contributed by atoms with Gasteiger partial charge in [0.1, 0.15) is 28.6 Å². The first-order chi connectivity index (χ1) is 20.0. The topological polar surface area (TPSA) is 204 Å². The Balaban J connectivity index is 0.00000423. The number of benzene rings is 1. The molecule has 13 nitrogen and oxygen atoms in total. The van der Waals surface area contributed by atoms with Gasteiger partial charge in [0.25, 0.3) is 11.8 Å². The molecular weight excluding hydrogens is 657 g/mol. The Labute approximate surface area is 279 Å². The Hall–Kier alpha value is -3.00. The molecule has 4 heterocycles. The number of thiazole rings is 1. The molecule has 2 aliphatic rings. The number of aliphatic carboxylic acids is 2. The van der Waals surface area contributed by atoms with E-state index in [2.05, 4.69) is 20.3 Å². The molecule has 2 aromatic heterocycles. The quantitative estimate of drug-likeness (QED) is 0.0669. The molecule has 0 unspecified atom stereocenters. The van der Waals surface area contributed by atoms with Crippen LogP contribution in [0.4, 0.5) is 9.52 Å². The summed E-state index contributed by atoms with van der Waals surface area (Å²) in [6, 6.07) is 4.16. The number of carbonyl (C=O) groups excluding carboxylic acids is 3. The van der Waals surface area contributed by atoms with E-state index >= 15 is 0 Å². The van der Waals surface area contributed by atoms with Gasteiger partial charge in [0, 0.05) is 33.0 Å². The first kappa shape index (κ1) is 32.9. The summed E-state index contributed by atoms with van der Waals surface area (Å²) in [7, 11) is 0. The molecule has 1 fully saturated rings. The number of hydrogen-bond donors (Lipinski definition) is 3. The molecule has 218 valence electrons. The van der Waals surface area contributed by atoms with E-state index in [9.17, 15) is 38.6 Å². The third-order valence-corrected chi connectivity index (χ3v) is 10.3. The van der Waals surface area contributed by atoms with Gasteiger partial charge >= 0.3 is 35.5 Å². The van der Waals surface area contributed by atoms with Crippen molar-refractivity contribution in [1.82, 2.24) is 15.2 Å². The van der Waals surface area contributed by atoms with Gasteiger partial charge in [-0.1, -0.05) is 5.16 Å². The standard InChI is InChI=1S/C24H18FN5O8S4.Na/c25-10-1-2-11-13(31)4-16(42-14(11)3-10)39-6-9-7-40-22-18(21(35)30(22)19(9)23(36)37)28-20(34)17(29-38-5-15(32)33)12-8-41-24(26)27-12;/h1-4,8,18,22H,5-7H2,(H2,26,27)(H,28,34)(H,32,33)(H,36,37);/q;+1/p-1/b29-17+;/t18-,22-;/m1./s1. The average Bonchev–Trinajstić information content (AvgIpc) is 3.37. The minimum Gasteiger partial charge on any atom is -0.546 e. The number of nitrogen functional groups attached to an aromatic ring is 1. The van der Waals surface area contributed by atoms with Crippen molar-refractivity contribution in [3.05, 3.63) is 62.7 Å². The number of carbonyl (C=O) groups is 4. The van der Waals surface area contributed by atoms with Gasteiger partial charge in [0.2, 0.25) is 0 Å². The van der Waals surface area contributed by atoms with Crippen LogP contribution in [0, 0.1) is 5.82 Å². The maximum atomic E-state index is 13.7. The first-order valence-corrected chi connectivity index (χ1v) is 15.4. The summed E-state index contributed by atoms with van der Waals surface area (Å²) in [4.78, 5) is 71.1. The number of carboxylic acid groups (broad SMARTS) is 2. The van der Waals surface area contributed by atoms with Crippen molar-refractivity contribution >= 4 is 90.9 Å². The minimum absolute atomic E-state index is 0. The maximum Gasteiger partial charge on any atom is 1.00 e. The normalized spacial score (nSPS) is 18.0. The maximum absolute atomic E-state index is 13.7. The molecule has 4 N–H and O–H groups in total. The molecule has 0 aliphatic carbocycles. The van der Waals surface area contributed by atoms with Crippen molar-refractivity contribution in [3.63, 3.8) is 0 Å². The van der Waals surface area contributed by atoms with Gasteiger partial charge in [-0.15, -0.1) is 46.2 Å². The first-order valence-electron chi connectivity index (χ1n) is 11.7. The Kier molecular flexibility index (Phi) is 10.5. The SMILES string of the molecule is Nc1nc(/C(=N\OCC(=O)[O-])C(=O)N[C@@H]2C(=O)N3C(C(=O)O)=C(CSc4cc(=O)c5ccc(F)cc5s4)CS[C@H]23)cs1.[Na+]. The number of aromatic nitrogens is 1. The zero-order valence-electron chi connectivity index (χ0n) is 21.9. The summed E-state index contributed by atoms with van der Waals surface area (Å²) in [5.74, 6) is -4.63. The number of anilines is 1. The number of thioether (sulfide) groups is 2. The number of halogens is 1. The van der Waals surface area contributed by atoms with E-state index in [0.717, 1.165) is 16.2 Å². The summed E-state index contributed by atoms with van der Waals surface area (Å²) < 4.78 is 14.7. The van der Waals surface area contributed by atoms with Gasteiger partial charge < -0.3 is 30.9 Å². The minimum atomic E-state index is -1.58. The van der Waals surface area contributed by atoms with Gasteiger partial charge in [0.05, 0.1) is 10.2 Å². The van der Waals surface area contributed by atoms with Crippen molar-refractivity contribution < 1.29 is 68.2 Å². The fraction of sp³-hybridized carbons (Fsp3) is 0.208. The molecule has 2 atom stereocenters. The second-order valence-electron chi connectivity index (χ2n) is 8.63.